The van der Waals surface area contributed by atoms with E-state index in [1.165, 1.54) is 0 Å². The zero-order valence-corrected chi connectivity index (χ0v) is 16.4. The van der Waals surface area contributed by atoms with Crippen molar-refractivity contribution in [1.29, 1.82) is 0 Å². The summed E-state index contributed by atoms with van der Waals surface area (Å²) in [5, 5.41) is 63.1. The lowest BCUT2D eigenvalue weighted by atomic mass is 9.94. The van der Waals surface area contributed by atoms with E-state index in [-0.39, 0.29) is 0 Å². The summed E-state index contributed by atoms with van der Waals surface area (Å²) in [4.78, 5) is 23.1. The van der Waals surface area contributed by atoms with Crippen LogP contribution < -0.4 is 11.2 Å². The Morgan fingerprint density at radius 3 is 2.10 bits per heavy atom. The van der Waals surface area contributed by atoms with Gasteiger partial charge in [0.1, 0.15) is 48.7 Å². The molecular weight excluding hydrogens is 410 g/mol. The van der Waals surface area contributed by atoms with Crippen LogP contribution in [-0.2, 0) is 23.8 Å². The van der Waals surface area contributed by atoms with Crippen LogP contribution >= 0.6 is 0 Å². The van der Waals surface area contributed by atoms with Crippen molar-refractivity contribution in [3.63, 3.8) is 0 Å². The Kier molecular flexibility index (Phi) is 8.46. The highest BCUT2D eigenvalue weighted by molar-refractivity contribution is 5.73. The van der Waals surface area contributed by atoms with Gasteiger partial charge in [0, 0.05) is 13.8 Å². The standard InChI is InChI=1S/C16H29N3O11/c1-5(22)18-9-12(25)11(24)7(3-20)29-16(9)30-14-8(4-21)28-15(27)10(13(14)26)19(17)6(2)23/h7-16,20-21,24-27H,3-4,17H2,1-2H3,(H,18,22)/t7-,8-,9-,10-,11-,12-,13-,14-,15-,16+/m1/s1. The van der Waals surface area contributed by atoms with E-state index in [1.807, 2.05) is 0 Å². The van der Waals surface area contributed by atoms with E-state index >= 15 is 0 Å². The van der Waals surface area contributed by atoms with Crippen molar-refractivity contribution in [3.05, 3.63) is 0 Å². The van der Waals surface area contributed by atoms with E-state index in [0.29, 0.717) is 5.01 Å². The first-order chi connectivity index (χ1) is 14.0. The molecule has 2 rings (SSSR count). The van der Waals surface area contributed by atoms with E-state index in [2.05, 4.69) is 5.32 Å². The zero-order chi connectivity index (χ0) is 22.7. The summed E-state index contributed by atoms with van der Waals surface area (Å²) < 4.78 is 16.3. The van der Waals surface area contributed by atoms with Crippen molar-refractivity contribution >= 4 is 11.8 Å². The van der Waals surface area contributed by atoms with Crippen molar-refractivity contribution in [2.75, 3.05) is 13.2 Å². The Hall–Kier alpha value is -1.46. The van der Waals surface area contributed by atoms with E-state index < -0.39 is 86.3 Å². The molecule has 2 fully saturated rings. The first-order valence-electron chi connectivity index (χ1n) is 9.25. The Morgan fingerprint density at radius 2 is 1.60 bits per heavy atom. The minimum absolute atomic E-state index is 0.543. The molecule has 14 nitrogen and oxygen atoms in total. The normalized spacial score (nSPS) is 41.9. The molecule has 2 aliphatic heterocycles. The molecule has 0 spiro atoms. The molecule has 0 aliphatic carbocycles. The summed E-state index contributed by atoms with van der Waals surface area (Å²) in [5.41, 5.74) is 0. The highest BCUT2D eigenvalue weighted by Crippen LogP contribution is 2.30. The summed E-state index contributed by atoms with van der Waals surface area (Å²) in [5.74, 6) is 4.31. The zero-order valence-electron chi connectivity index (χ0n) is 16.4. The summed E-state index contributed by atoms with van der Waals surface area (Å²) in [6.07, 6.45) is -12.1. The van der Waals surface area contributed by atoms with Crippen molar-refractivity contribution in [2.45, 2.75) is 75.1 Å². The summed E-state index contributed by atoms with van der Waals surface area (Å²) >= 11 is 0. The summed E-state index contributed by atoms with van der Waals surface area (Å²) in [6, 6.07) is -2.79. The molecule has 2 amide bonds. The van der Waals surface area contributed by atoms with Crippen LogP contribution in [-0.4, -0.2) is 122 Å². The van der Waals surface area contributed by atoms with E-state index in [0.717, 1.165) is 13.8 Å². The first-order valence-corrected chi connectivity index (χ1v) is 9.25. The molecular formula is C16H29N3O11. The minimum Gasteiger partial charge on any atom is -0.394 e. The second-order valence-electron chi connectivity index (χ2n) is 7.19. The van der Waals surface area contributed by atoms with Gasteiger partial charge in [-0.2, -0.15) is 0 Å². The molecule has 0 aromatic rings. The fraction of sp³-hybridized carbons (Fsp3) is 0.875. The van der Waals surface area contributed by atoms with E-state index in [9.17, 15) is 40.2 Å². The molecule has 0 bridgehead atoms. The molecule has 30 heavy (non-hydrogen) atoms. The quantitative estimate of drug-likeness (QED) is 0.110. The van der Waals surface area contributed by atoms with Gasteiger partial charge in [-0.15, -0.1) is 0 Å². The van der Waals surface area contributed by atoms with Gasteiger partial charge in [-0.25, -0.2) is 5.84 Å². The van der Waals surface area contributed by atoms with E-state index in [1.54, 1.807) is 0 Å². The number of ether oxygens (including phenoxy) is 3. The Balaban J connectivity index is 2.31. The summed E-state index contributed by atoms with van der Waals surface area (Å²) in [6.45, 7) is 0.825. The van der Waals surface area contributed by atoms with Crippen molar-refractivity contribution in [3.8, 4) is 0 Å². The average Bonchev–Trinajstić information content (AvgIpc) is 2.68. The number of nitrogens with zero attached hydrogens (tertiary/aromatic N) is 1. The highest BCUT2D eigenvalue weighted by Gasteiger charge is 2.52. The van der Waals surface area contributed by atoms with Crippen LogP contribution in [0.5, 0.6) is 0 Å². The molecule has 2 aliphatic rings. The Bertz CT molecular complexity index is 611. The number of carbonyl (C=O) groups is 2. The molecule has 174 valence electrons. The second-order valence-corrected chi connectivity index (χ2v) is 7.19. The number of hydrogen-bond acceptors (Lipinski definition) is 12. The fourth-order valence-corrected chi connectivity index (χ4v) is 3.49. The minimum atomic E-state index is -1.75. The van der Waals surface area contributed by atoms with Crippen LogP contribution in [0.3, 0.4) is 0 Å². The molecule has 10 atom stereocenters. The number of hydrazine groups is 1. The number of aliphatic hydroxyl groups is 6. The topological polar surface area (TPSA) is 224 Å². The third-order valence-electron chi connectivity index (χ3n) is 5.07. The Morgan fingerprint density at radius 1 is 1.00 bits per heavy atom. The van der Waals surface area contributed by atoms with Gasteiger partial charge in [0.2, 0.25) is 11.8 Å². The highest BCUT2D eigenvalue weighted by atomic mass is 16.7. The van der Waals surface area contributed by atoms with Gasteiger partial charge in [0.15, 0.2) is 12.6 Å². The predicted octanol–water partition coefficient (Wildman–Crippen LogP) is -5.52. The molecule has 0 aromatic carbocycles. The van der Waals surface area contributed by atoms with Gasteiger partial charge in [-0.05, 0) is 0 Å². The van der Waals surface area contributed by atoms with Crippen LogP contribution in [0.4, 0.5) is 0 Å². The lowest BCUT2D eigenvalue weighted by molar-refractivity contribution is -0.333. The molecule has 2 saturated heterocycles. The number of nitrogens with two attached hydrogens (primary N) is 1. The third-order valence-corrected chi connectivity index (χ3v) is 5.07. The molecule has 0 radical (unpaired) electrons. The van der Waals surface area contributed by atoms with Gasteiger partial charge in [-0.3, -0.25) is 14.6 Å². The van der Waals surface area contributed by atoms with Gasteiger partial charge in [0.05, 0.1) is 13.2 Å². The smallest absolute Gasteiger partial charge is 0.233 e. The van der Waals surface area contributed by atoms with Gasteiger partial charge >= 0.3 is 0 Å². The molecule has 0 aromatic heterocycles. The van der Waals surface area contributed by atoms with Crippen molar-refractivity contribution in [2.24, 2.45) is 5.84 Å². The van der Waals surface area contributed by atoms with Crippen molar-refractivity contribution in [1.82, 2.24) is 10.3 Å². The summed E-state index contributed by atoms with van der Waals surface area (Å²) in [7, 11) is 0. The van der Waals surface area contributed by atoms with Gasteiger partial charge < -0.3 is 50.2 Å². The second kappa shape index (κ2) is 10.2. The number of amides is 2. The van der Waals surface area contributed by atoms with Crippen LogP contribution in [0.2, 0.25) is 0 Å². The average molecular weight is 439 g/mol. The molecule has 2 heterocycles. The van der Waals surface area contributed by atoms with E-state index in [4.69, 9.17) is 20.1 Å². The maximum atomic E-state index is 11.6. The third kappa shape index (κ3) is 5.05. The Labute approximate surface area is 171 Å². The first kappa shape index (κ1) is 24.8. The van der Waals surface area contributed by atoms with Crippen LogP contribution in [0.15, 0.2) is 0 Å². The number of hydrogen-bond donors (Lipinski definition) is 8. The number of aliphatic hydroxyl groups excluding tert-OH is 6. The maximum Gasteiger partial charge on any atom is 0.233 e. The van der Waals surface area contributed by atoms with Crippen LogP contribution in [0.25, 0.3) is 0 Å². The number of rotatable bonds is 6. The SMILES string of the molecule is CC(=O)N[C@H]1[C@H](O[C@H]2[C@H](O)[C@@H](N(N)C(C)=O)[C@H](O)O[C@@H]2CO)O[C@H](CO)[C@@H](O)[C@@H]1O. The van der Waals surface area contributed by atoms with Crippen LogP contribution in [0, 0.1) is 0 Å². The molecule has 14 heteroatoms. The predicted molar refractivity (Wildman–Crippen MR) is 94.7 cm³/mol. The molecule has 9 N–H and O–H groups in total. The lowest BCUT2D eigenvalue weighted by Crippen LogP contribution is -2.70. The lowest BCUT2D eigenvalue weighted by Gasteiger charge is -2.48. The monoisotopic (exact) mass is 439 g/mol. The largest absolute Gasteiger partial charge is 0.394 e. The molecule has 0 unspecified atom stereocenters. The van der Waals surface area contributed by atoms with Crippen molar-refractivity contribution < 1.29 is 54.4 Å². The van der Waals surface area contributed by atoms with Gasteiger partial charge in [-0.1, -0.05) is 0 Å². The van der Waals surface area contributed by atoms with Gasteiger partial charge in [0.25, 0.3) is 0 Å². The maximum absolute atomic E-state index is 11.6. The number of carbonyl (C=O) groups excluding carboxylic acids is 2. The van der Waals surface area contributed by atoms with Crippen LogP contribution in [0.1, 0.15) is 13.8 Å². The molecule has 0 saturated carbocycles. The number of nitrogens with one attached hydrogen (secondary N) is 1. The fourth-order valence-electron chi connectivity index (χ4n) is 3.49.